The van der Waals surface area contributed by atoms with Crippen LogP contribution in [0.15, 0.2) is 67.6 Å². The summed E-state index contributed by atoms with van der Waals surface area (Å²) >= 11 is 0. The molecule has 3 aromatic heterocycles. The van der Waals surface area contributed by atoms with Crippen molar-refractivity contribution >= 4 is 29.0 Å². The molecule has 3 N–H and O–H groups in total. The number of aryl methyl sites for hydroxylation is 1. The quantitative estimate of drug-likeness (QED) is 0.345. The molecule has 38 heavy (non-hydrogen) atoms. The summed E-state index contributed by atoms with van der Waals surface area (Å²) in [6, 6.07) is 10.9. The zero-order chi connectivity index (χ0) is 26.6. The fourth-order valence-corrected chi connectivity index (χ4v) is 5.06. The molecule has 4 aromatic rings. The summed E-state index contributed by atoms with van der Waals surface area (Å²) in [7, 11) is 0. The summed E-state index contributed by atoms with van der Waals surface area (Å²) in [5.41, 5.74) is 10.1. The molecule has 2 amide bonds. The normalized spacial score (nSPS) is 15.4. The molecule has 9 nitrogen and oxygen atoms in total. The molecule has 5 rings (SSSR count). The van der Waals surface area contributed by atoms with Crippen molar-refractivity contribution < 1.29 is 9.59 Å². The van der Waals surface area contributed by atoms with Gasteiger partial charge in [-0.3, -0.25) is 14.0 Å². The number of hydrogen-bond acceptors (Lipinski definition) is 6. The number of hydrogen-bond donors (Lipinski definition) is 2. The van der Waals surface area contributed by atoms with Crippen molar-refractivity contribution in [2.24, 2.45) is 0 Å². The van der Waals surface area contributed by atoms with E-state index < -0.39 is 0 Å². The van der Waals surface area contributed by atoms with Gasteiger partial charge >= 0.3 is 0 Å². The number of rotatable bonds is 7. The lowest BCUT2D eigenvalue weighted by atomic mass is 10.0. The number of amides is 2. The number of aromatic nitrogens is 4. The van der Waals surface area contributed by atoms with E-state index in [0.717, 1.165) is 49.1 Å². The number of nitrogens with zero attached hydrogens (tertiary/aromatic N) is 5. The van der Waals surface area contributed by atoms with E-state index in [4.69, 9.17) is 10.7 Å². The summed E-state index contributed by atoms with van der Waals surface area (Å²) in [6.07, 6.45) is 11.2. The van der Waals surface area contributed by atoms with Crippen LogP contribution in [0.2, 0.25) is 0 Å². The van der Waals surface area contributed by atoms with Crippen LogP contribution in [-0.4, -0.2) is 42.6 Å². The SMILES string of the molecule is C=CC(=O)N1CCCC[C@H]1c1nc(-c2ccc(C(=O)Nc3cc(CCC)ccn3)cc2)c2c(N)nccn12. The lowest BCUT2D eigenvalue weighted by Crippen LogP contribution is -2.38. The summed E-state index contributed by atoms with van der Waals surface area (Å²) < 4.78 is 1.92. The number of anilines is 2. The Kier molecular flexibility index (Phi) is 7.17. The molecule has 1 aliphatic heterocycles. The summed E-state index contributed by atoms with van der Waals surface area (Å²) in [5.74, 6) is 1.26. The minimum absolute atomic E-state index is 0.111. The zero-order valence-electron chi connectivity index (χ0n) is 21.4. The number of carbonyl (C=O) groups is 2. The maximum absolute atomic E-state index is 12.9. The van der Waals surface area contributed by atoms with Crippen molar-refractivity contribution in [2.45, 2.75) is 45.1 Å². The van der Waals surface area contributed by atoms with E-state index in [0.29, 0.717) is 35.0 Å². The molecule has 1 aromatic carbocycles. The highest BCUT2D eigenvalue weighted by Crippen LogP contribution is 2.36. The Morgan fingerprint density at radius 2 is 1.97 bits per heavy atom. The van der Waals surface area contributed by atoms with Crippen LogP contribution in [0.4, 0.5) is 11.6 Å². The van der Waals surface area contributed by atoms with Gasteiger partial charge in [0.2, 0.25) is 5.91 Å². The fourth-order valence-electron chi connectivity index (χ4n) is 5.06. The average Bonchev–Trinajstić information content (AvgIpc) is 3.34. The Bertz CT molecular complexity index is 1490. The summed E-state index contributed by atoms with van der Waals surface area (Å²) in [4.78, 5) is 40.9. The van der Waals surface area contributed by atoms with Gasteiger partial charge in [-0.15, -0.1) is 0 Å². The number of nitrogen functional groups attached to an aromatic ring is 1. The van der Waals surface area contributed by atoms with Crippen LogP contribution in [0.5, 0.6) is 0 Å². The van der Waals surface area contributed by atoms with Gasteiger partial charge in [-0.05, 0) is 61.6 Å². The van der Waals surface area contributed by atoms with Crippen LogP contribution in [-0.2, 0) is 11.2 Å². The molecule has 194 valence electrons. The second-order valence-electron chi connectivity index (χ2n) is 9.43. The minimum Gasteiger partial charge on any atom is -0.382 e. The number of nitrogens with two attached hydrogens (primary N) is 1. The van der Waals surface area contributed by atoms with Gasteiger partial charge in [-0.1, -0.05) is 32.1 Å². The Morgan fingerprint density at radius 1 is 1.16 bits per heavy atom. The molecular weight excluding hydrogens is 478 g/mol. The van der Waals surface area contributed by atoms with Crippen molar-refractivity contribution in [1.82, 2.24) is 24.3 Å². The number of pyridine rings is 1. The highest BCUT2D eigenvalue weighted by molar-refractivity contribution is 6.04. The van der Waals surface area contributed by atoms with Gasteiger partial charge in [0.25, 0.3) is 5.91 Å². The molecule has 4 heterocycles. The topological polar surface area (TPSA) is 119 Å². The van der Waals surface area contributed by atoms with Crippen molar-refractivity contribution in [3.05, 3.63) is 84.6 Å². The lowest BCUT2D eigenvalue weighted by Gasteiger charge is -2.34. The Labute approximate surface area is 221 Å². The smallest absolute Gasteiger partial charge is 0.256 e. The minimum atomic E-state index is -0.241. The molecule has 1 fully saturated rings. The molecule has 0 radical (unpaired) electrons. The van der Waals surface area contributed by atoms with E-state index >= 15 is 0 Å². The van der Waals surface area contributed by atoms with Crippen molar-refractivity contribution in [2.75, 3.05) is 17.6 Å². The van der Waals surface area contributed by atoms with E-state index in [2.05, 4.69) is 28.8 Å². The average molecular weight is 510 g/mol. The first-order valence-corrected chi connectivity index (χ1v) is 12.9. The van der Waals surface area contributed by atoms with E-state index in [1.165, 1.54) is 6.08 Å². The Hall–Kier alpha value is -4.53. The van der Waals surface area contributed by atoms with Crippen LogP contribution >= 0.6 is 0 Å². The maximum Gasteiger partial charge on any atom is 0.256 e. The van der Waals surface area contributed by atoms with Gasteiger partial charge in [0.15, 0.2) is 0 Å². The first-order valence-electron chi connectivity index (χ1n) is 12.9. The third kappa shape index (κ3) is 4.87. The number of fused-ring (bicyclic) bond motifs is 1. The molecule has 0 unspecified atom stereocenters. The van der Waals surface area contributed by atoms with Crippen LogP contribution in [0.3, 0.4) is 0 Å². The summed E-state index contributed by atoms with van der Waals surface area (Å²) in [6.45, 7) is 6.44. The van der Waals surface area contributed by atoms with Gasteiger partial charge in [-0.25, -0.2) is 15.0 Å². The number of carbonyl (C=O) groups excluding carboxylic acids is 2. The summed E-state index contributed by atoms with van der Waals surface area (Å²) in [5, 5.41) is 2.88. The number of imidazole rings is 1. The third-order valence-corrected chi connectivity index (χ3v) is 6.89. The van der Waals surface area contributed by atoms with Crippen molar-refractivity contribution in [3.63, 3.8) is 0 Å². The lowest BCUT2D eigenvalue weighted by molar-refractivity contribution is -0.129. The number of benzene rings is 1. The van der Waals surface area contributed by atoms with Crippen molar-refractivity contribution in [1.29, 1.82) is 0 Å². The highest BCUT2D eigenvalue weighted by atomic mass is 16.2. The van der Waals surface area contributed by atoms with Crippen molar-refractivity contribution in [3.8, 4) is 11.3 Å². The highest BCUT2D eigenvalue weighted by Gasteiger charge is 2.31. The second kappa shape index (κ2) is 10.8. The van der Waals surface area contributed by atoms with Gasteiger partial charge in [0.1, 0.15) is 28.7 Å². The van der Waals surface area contributed by atoms with Crippen LogP contribution in [0, 0.1) is 0 Å². The van der Waals surface area contributed by atoms with Gasteiger partial charge in [0.05, 0.1) is 6.04 Å². The van der Waals surface area contributed by atoms with E-state index in [9.17, 15) is 9.59 Å². The predicted octanol–water partition coefficient (Wildman–Crippen LogP) is 4.82. The Balaban J connectivity index is 1.46. The monoisotopic (exact) mass is 509 g/mol. The molecular formula is C29H31N7O2. The molecule has 9 heteroatoms. The molecule has 1 atom stereocenters. The molecule has 1 aliphatic rings. The van der Waals surface area contributed by atoms with Gasteiger partial charge in [0, 0.05) is 36.3 Å². The largest absolute Gasteiger partial charge is 0.382 e. The predicted molar refractivity (Wildman–Crippen MR) is 148 cm³/mol. The number of piperidine rings is 1. The fraction of sp³-hybridized carbons (Fsp3) is 0.276. The molecule has 0 saturated carbocycles. The molecule has 0 spiro atoms. The number of nitrogens with one attached hydrogen (secondary N) is 1. The maximum atomic E-state index is 12.9. The standard InChI is InChI=1S/C29H31N7O2/c1-3-7-19-13-14-31-23(18-19)33-29(38)21-11-9-20(10-12-21)25-26-27(30)32-15-17-36(26)28(34-25)22-8-5-6-16-35(22)24(37)4-2/h4,9-15,17-18,22H,2-3,5-8,16H2,1H3,(H2,30,32)(H,31,33,38)/t22-/m0/s1. The van der Waals surface area contributed by atoms with E-state index in [1.54, 1.807) is 24.5 Å². The first-order chi connectivity index (χ1) is 18.5. The van der Waals surface area contributed by atoms with Crippen LogP contribution in [0.1, 0.15) is 60.4 Å². The number of likely N-dealkylation sites (tertiary alicyclic amines) is 1. The first kappa shape index (κ1) is 25.1. The van der Waals surface area contributed by atoms with Gasteiger partial charge < -0.3 is 16.0 Å². The molecule has 1 saturated heterocycles. The third-order valence-electron chi connectivity index (χ3n) is 6.89. The molecule has 0 bridgehead atoms. The van der Waals surface area contributed by atoms with Crippen LogP contribution < -0.4 is 11.1 Å². The second-order valence-corrected chi connectivity index (χ2v) is 9.43. The van der Waals surface area contributed by atoms with Gasteiger partial charge in [-0.2, -0.15) is 0 Å². The molecule has 0 aliphatic carbocycles. The van der Waals surface area contributed by atoms with E-state index in [-0.39, 0.29) is 17.9 Å². The zero-order valence-corrected chi connectivity index (χ0v) is 21.4. The van der Waals surface area contributed by atoms with Crippen LogP contribution in [0.25, 0.3) is 16.8 Å². The Morgan fingerprint density at radius 3 is 2.74 bits per heavy atom. The van der Waals surface area contributed by atoms with E-state index in [1.807, 2.05) is 39.8 Å².